The molecule has 3 N–H and O–H groups in total. The third-order valence-electron chi connectivity index (χ3n) is 3.72. The van der Waals surface area contributed by atoms with E-state index in [2.05, 4.69) is 4.72 Å². The molecule has 0 saturated heterocycles. The summed E-state index contributed by atoms with van der Waals surface area (Å²) in [4.78, 5) is 10.8. The second-order valence-corrected chi connectivity index (χ2v) is 8.05. The lowest BCUT2D eigenvalue weighted by Gasteiger charge is -2.26. The van der Waals surface area contributed by atoms with E-state index < -0.39 is 16.0 Å². The fourth-order valence-electron chi connectivity index (χ4n) is 2.40. The van der Waals surface area contributed by atoms with Crippen LogP contribution in [0.1, 0.15) is 36.0 Å². The molecule has 8 heteroatoms. The van der Waals surface area contributed by atoms with E-state index in [-0.39, 0.29) is 28.3 Å². The third-order valence-corrected chi connectivity index (χ3v) is 6.56. The van der Waals surface area contributed by atoms with Crippen LogP contribution < -0.4 is 4.72 Å². The molecule has 1 saturated carbocycles. The molecule has 2 rings (SSSR count). The van der Waals surface area contributed by atoms with Crippen LogP contribution in [-0.2, 0) is 10.0 Å². The van der Waals surface area contributed by atoms with Crippen molar-refractivity contribution >= 4 is 27.3 Å². The van der Waals surface area contributed by atoms with Crippen molar-refractivity contribution in [3.05, 3.63) is 17.0 Å². The molecule has 1 fully saturated rings. The molecule has 112 valence electrons. The van der Waals surface area contributed by atoms with Gasteiger partial charge in [-0.3, -0.25) is 0 Å². The van der Waals surface area contributed by atoms with E-state index in [1.807, 2.05) is 0 Å². The van der Waals surface area contributed by atoms with Gasteiger partial charge in [-0.1, -0.05) is 12.8 Å². The minimum atomic E-state index is -3.71. The van der Waals surface area contributed by atoms with Gasteiger partial charge in [-0.05, 0) is 18.9 Å². The average Bonchev–Trinajstić information content (AvgIpc) is 3.07. The van der Waals surface area contributed by atoms with Crippen molar-refractivity contribution < 1.29 is 23.4 Å². The van der Waals surface area contributed by atoms with Crippen LogP contribution in [0.25, 0.3) is 0 Å². The molecular formula is C12H17NO5S2. The standard InChI is InChI=1S/C12H17NO5S2/c14-8-12(3-1-2-4-12)7-13-20(17,18)10-5-9(6-19-10)11(15)16/h5-6,13-14H,1-4,7-8H2,(H,15,16). The number of carboxylic acids is 1. The first kappa shape index (κ1) is 15.4. The molecule has 0 spiro atoms. The number of carboxylic acid groups (broad SMARTS) is 1. The number of aromatic carboxylic acids is 1. The van der Waals surface area contributed by atoms with Crippen LogP contribution >= 0.6 is 11.3 Å². The van der Waals surface area contributed by atoms with Gasteiger partial charge < -0.3 is 10.2 Å². The molecule has 1 aliphatic carbocycles. The normalized spacial score (nSPS) is 18.2. The lowest BCUT2D eigenvalue weighted by Crippen LogP contribution is -2.38. The Morgan fingerprint density at radius 2 is 2.05 bits per heavy atom. The maximum Gasteiger partial charge on any atom is 0.336 e. The average molecular weight is 319 g/mol. The fraction of sp³-hybridized carbons (Fsp3) is 0.583. The van der Waals surface area contributed by atoms with E-state index in [4.69, 9.17) is 5.11 Å². The number of rotatable bonds is 6. The van der Waals surface area contributed by atoms with E-state index in [1.54, 1.807) is 0 Å². The van der Waals surface area contributed by atoms with Crippen molar-refractivity contribution in [1.82, 2.24) is 4.72 Å². The summed E-state index contributed by atoms with van der Waals surface area (Å²) in [6.07, 6.45) is 3.59. The van der Waals surface area contributed by atoms with Gasteiger partial charge in [0, 0.05) is 23.9 Å². The van der Waals surface area contributed by atoms with Gasteiger partial charge in [-0.2, -0.15) is 0 Å². The van der Waals surface area contributed by atoms with Crippen LogP contribution in [0.15, 0.2) is 15.7 Å². The summed E-state index contributed by atoms with van der Waals surface area (Å²) in [7, 11) is -3.71. The van der Waals surface area contributed by atoms with Crippen LogP contribution in [-0.4, -0.2) is 37.8 Å². The fourth-order valence-corrected chi connectivity index (χ4v) is 4.76. The molecule has 1 aromatic heterocycles. The maximum absolute atomic E-state index is 12.1. The Bertz CT molecular complexity index is 587. The molecule has 0 atom stereocenters. The Hall–Kier alpha value is -0.960. The summed E-state index contributed by atoms with van der Waals surface area (Å²) < 4.78 is 26.7. The first-order valence-electron chi connectivity index (χ1n) is 6.31. The molecule has 20 heavy (non-hydrogen) atoms. The summed E-state index contributed by atoms with van der Waals surface area (Å²) in [6, 6.07) is 1.15. The highest BCUT2D eigenvalue weighted by Crippen LogP contribution is 2.37. The maximum atomic E-state index is 12.1. The molecule has 1 aliphatic rings. The predicted molar refractivity (Wildman–Crippen MR) is 74.5 cm³/mol. The number of nitrogens with one attached hydrogen (secondary N) is 1. The summed E-state index contributed by atoms with van der Waals surface area (Å²) in [5, 5.41) is 19.6. The Balaban J connectivity index is 2.08. The zero-order valence-electron chi connectivity index (χ0n) is 10.8. The van der Waals surface area contributed by atoms with E-state index >= 15 is 0 Å². The highest BCUT2D eigenvalue weighted by Gasteiger charge is 2.34. The zero-order chi connectivity index (χ0) is 14.8. The Morgan fingerprint density at radius 1 is 1.40 bits per heavy atom. The van der Waals surface area contributed by atoms with E-state index in [0.29, 0.717) is 0 Å². The number of hydrogen-bond acceptors (Lipinski definition) is 5. The van der Waals surface area contributed by atoms with Gasteiger partial charge >= 0.3 is 5.97 Å². The minimum absolute atomic E-state index is 0.0130. The lowest BCUT2D eigenvalue weighted by molar-refractivity contribution is 0.0697. The number of aliphatic hydroxyl groups excluding tert-OH is 1. The lowest BCUT2D eigenvalue weighted by atomic mass is 9.88. The minimum Gasteiger partial charge on any atom is -0.478 e. The van der Waals surface area contributed by atoms with E-state index in [0.717, 1.165) is 43.1 Å². The molecule has 0 unspecified atom stereocenters. The summed E-state index contributed by atoms with van der Waals surface area (Å²) in [6.45, 7) is 0.145. The smallest absolute Gasteiger partial charge is 0.336 e. The molecule has 0 radical (unpaired) electrons. The second-order valence-electron chi connectivity index (χ2n) is 5.15. The number of carbonyl (C=O) groups is 1. The number of aliphatic hydroxyl groups is 1. The van der Waals surface area contributed by atoms with Crippen LogP contribution in [0.5, 0.6) is 0 Å². The van der Waals surface area contributed by atoms with Crippen molar-refractivity contribution in [2.24, 2.45) is 5.41 Å². The topological polar surface area (TPSA) is 104 Å². The van der Waals surface area contributed by atoms with Gasteiger partial charge in [0.05, 0.1) is 5.56 Å². The summed E-state index contributed by atoms with van der Waals surface area (Å²) in [5.74, 6) is -1.15. The van der Waals surface area contributed by atoms with Gasteiger partial charge in [0.25, 0.3) is 0 Å². The van der Waals surface area contributed by atoms with Gasteiger partial charge in [0.2, 0.25) is 10.0 Å². The van der Waals surface area contributed by atoms with Crippen molar-refractivity contribution in [3.8, 4) is 0 Å². The van der Waals surface area contributed by atoms with Crippen molar-refractivity contribution in [2.75, 3.05) is 13.2 Å². The van der Waals surface area contributed by atoms with Gasteiger partial charge in [0.1, 0.15) is 4.21 Å². The van der Waals surface area contributed by atoms with Crippen LogP contribution in [0.4, 0.5) is 0 Å². The second kappa shape index (κ2) is 5.80. The van der Waals surface area contributed by atoms with Crippen molar-refractivity contribution in [3.63, 3.8) is 0 Å². The number of thiophene rings is 1. The molecule has 0 aliphatic heterocycles. The molecule has 0 amide bonds. The molecule has 0 aromatic carbocycles. The highest BCUT2D eigenvalue weighted by molar-refractivity contribution is 7.91. The van der Waals surface area contributed by atoms with E-state index in [9.17, 15) is 18.3 Å². The Morgan fingerprint density at radius 3 is 2.55 bits per heavy atom. The number of hydrogen-bond donors (Lipinski definition) is 3. The van der Waals surface area contributed by atoms with Gasteiger partial charge in [-0.25, -0.2) is 17.9 Å². The summed E-state index contributed by atoms with van der Waals surface area (Å²) in [5.41, 5.74) is -0.409. The molecule has 0 bridgehead atoms. The van der Waals surface area contributed by atoms with Crippen LogP contribution in [0.3, 0.4) is 0 Å². The van der Waals surface area contributed by atoms with Gasteiger partial charge in [-0.15, -0.1) is 11.3 Å². The molecule has 1 aromatic rings. The largest absolute Gasteiger partial charge is 0.478 e. The SMILES string of the molecule is O=C(O)c1csc(S(=O)(=O)NCC2(CO)CCCC2)c1. The Kier molecular flexibility index (Phi) is 4.48. The monoisotopic (exact) mass is 319 g/mol. The predicted octanol–water partition coefficient (Wildman–Crippen LogP) is 1.28. The molecular weight excluding hydrogens is 302 g/mol. The number of sulfonamides is 1. The highest BCUT2D eigenvalue weighted by atomic mass is 32.2. The quantitative estimate of drug-likeness (QED) is 0.733. The third kappa shape index (κ3) is 3.20. The van der Waals surface area contributed by atoms with E-state index in [1.165, 1.54) is 5.38 Å². The first-order valence-corrected chi connectivity index (χ1v) is 8.67. The van der Waals surface area contributed by atoms with Crippen molar-refractivity contribution in [1.29, 1.82) is 0 Å². The van der Waals surface area contributed by atoms with Crippen LogP contribution in [0.2, 0.25) is 0 Å². The van der Waals surface area contributed by atoms with Gasteiger partial charge in [0.15, 0.2) is 0 Å². The molecule has 1 heterocycles. The first-order chi connectivity index (χ1) is 9.38. The molecule has 6 nitrogen and oxygen atoms in total. The summed E-state index contributed by atoms with van der Waals surface area (Å²) >= 11 is 0.880. The zero-order valence-corrected chi connectivity index (χ0v) is 12.5. The van der Waals surface area contributed by atoms with Crippen molar-refractivity contribution in [2.45, 2.75) is 29.9 Å². The van der Waals surface area contributed by atoms with Crippen LogP contribution in [0, 0.1) is 5.41 Å². The Labute approximate surface area is 121 Å².